The fraction of sp³-hybridized carbons (Fsp3) is 0.833. The molecule has 2 fully saturated rings. The Balaban J connectivity index is 1.84. The zero-order chi connectivity index (χ0) is 14.5. The average molecular weight is 322 g/mol. The molecule has 2 heterocycles. The predicted molar refractivity (Wildman–Crippen MR) is 76.2 cm³/mol. The topological polar surface area (TPSA) is 71.1 Å². The highest BCUT2D eigenvalue weighted by Crippen LogP contribution is 2.30. The minimum absolute atomic E-state index is 0.247. The molecule has 2 saturated heterocycles. The van der Waals surface area contributed by atoms with Gasteiger partial charge in [-0.1, -0.05) is 0 Å². The van der Waals surface area contributed by atoms with E-state index in [-0.39, 0.29) is 50.2 Å². The largest absolute Gasteiger partial charge is 0.457 e. The van der Waals surface area contributed by atoms with Crippen molar-refractivity contribution in [3.63, 3.8) is 0 Å². The molecule has 4 atom stereocenters. The Bertz CT molecular complexity index is 330. The number of hydrogen-bond donors (Lipinski definition) is 2. The molecule has 114 valence electrons. The van der Waals surface area contributed by atoms with Gasteiger partial charge in [-0.3, -0.25) is 9.59 Å². The van der Waals surface area contributed by atoms with Gasteiger partial charge in [0.1, 0.15) is 12.2 Å². The summed E-state index contributed by atoms with van der Waals surface area (Å²) in [4.78, 5) is 22.9. The molecule has 2 aliphatic heterocycles. The summed E-state index contributed by atoms with van der Waals surface area (Å²) < 4.78 is 21.6. The van der Waals surface area contributed by atoms with E-state index < -0.39 is 12.2 Å². The maximum atomic E-state index is 11.5. The Morgan fingerprint density at radius 3 is 1.65 bits per heavy atom. The molecule has 0 aromatic carbocycles. The lowest BCUT2D eigenvalue weighted by atomic mass is 10.1. The fourth-order valence-corrected chi connectivity index (χ4v) is 2.63. The van der Waals surface area contributed by atoms with Crippen molar-refractivity contribution in [1.29, 1.82) is 0 Å². The standard InChI is InChI=1S/C12H18O6S2/c13-9(1-3-19)17-7-5-15-12-8(6-16-11(7)12)18-10(14)2-4-20/h7-8,11-12,19-20H,1-6H2/t7-,8+,11-,12?/m1/s1. The monoisotopic (exact) mass is 322 g/mol. The second-order valence-corrected chi connectivity index (χ2v) is 5.49. The van der Waals surface area contributed by atoms with Crippen molar-refractivity contribution >= 4 is 37.2 Å². The highest BCUT2D eigenvalue weighted by atomic mass is 32.1. The van der Waals surface area contributed by atoms with Crippen LogP contribution in [0.1, 0.15) is 12.8 Å². The lowest BCUT2D eigenvalue weighted by Gasteiger charge is -2.17. The first-order valence-electron chi connectivity index (χ1n) is 6.49. The molecular weight excluding hydrogens is 304 g/mol. The summed E-state index contributed by atoms with van der Waals surface area (Å²) in [7, 11) is 0. The van der Waals surface area contributed by atoms with Gasteiger partial charge in [0.25, 0.3) is 0 Å². The van der Waals surface area contributed by atoms with Crippen molar-refractivity contribution < 1.29 is 28.5 Å². The number of thiol groups is 2. The molecule has 0 aromatic heterocycles. The van der Waals surface area contributed by atoms with Crippen LogP contribution in [0.5, 0.6) is 0 Å². The molecule has 0 radical (unpaired) electrons. The molecule has 0 amide bonds. The molecule has 0 bridgehead atoms. The van der Waals surface area contributed by atoms with Crippen molar-refractivity contribution in [2.45, 2.75) is 37.3 Å². The molecular formula is C12H18O6S2. The summed E-state index contributed by atoms with van der Waals surface area (Å²) >= 11 is 7.95. The van der Waals surface area contributed by atoms with E-state index in [1.807, 2.05) is 0 Å². The maximum Gasteiger partial charge on any atom is 0.307 e. The summed E-state index contributed by atoms with van der Waals surface area (Å²) in [6.45, 7) is 0.516. The minimum atomic E-state index is -0.444. The van der Waals surface area contributed by atoms with Gasteiger partial charge in [0.05, 0.1) is 26.1 Å². The van der Waals surface area contributed by atoms with Gasteiger partial charge in [0, 0.05) is 11.5 Å². The molecule has 0 N–H and O–H groups in total. The smallest absolute Gasteiger partial charge is 0.307 e. The molecule has 1 unspecified atom stereocenters. The number of carbonyl (C=O) groups is 2. The van der Waals surface area contributed by atoms with Crippen LogP contribution in [-0.4, -0.2) is 61.1 Å². The van der Waals surface area contributed by atoms with Gasteiger partial charge in [0.2, 0.25) is 0 Å². The Morgan fingerprint density at radius 1 is 0.900 bits per heavy atom. The van der Waals surface area contributed by atoms with Crippen LogP contribution < -0.4 is 0 Å². The Kier molecular flexibility index (Phi) is 6.01. The van der Waals surface area contributed by atoms with Gasteiger partial charge >= 0.3 is 11.9 Å². The van der Waals surface area contributed by atoms with E-state index in [0.29, 0.717) is 11.5 Å². The summed E-state index contributed by atoms with van der Waals surface area (Å²) in [6, 6.07) is 0. The SMILES string of the molecule is O=C(CCS)O[C@H]1CO[C@H]2C1OC[C@H]2OC(=O)CCS. The number of hydrogen-bond acceptors (Lipinski definition) is 8. The molecule has 0 aromatic rings. The summed E-state index contributed by atoms with van der Waals surface area (Å²) in [6.07, 6.45) is -1.13. The number of carbonyl (C=O) groups excluding carboxylic acids is 2. The third kappa shape index (κ3) is 3.81. The third-order valence-corrected chi connectivity index (χ3v) is 3.61. The molecule has 0 spiro atoms. The van der Waals surface area contributed by atoms with Crippen LogP contribution in [-0.2, 0) is 28.5 Å². The first-order valence-corrected chi connectivity index (χ1v) is 7.76. The molecule has 0 aliphatic carbocycles. The van der Waals surface area contributed by atoms with E-state index in [0.717, 1.165) is 0 Å². The molecule has 20 heavy (non-hydrogen) atoms. The second-order valence-electron chi connectivity index (χ2n) is 4.60. The molecule has 6 nitrogen and oxygen atoms in total. The van der Waals surface area contributed by atoms with E-state index in [1.165, 1.54) is 0 Å². The number of esters is 2. The Hall–Kier alpha value is -0.440. The van der Waals surface area contributed by atoms with Crippen LogP contribution in [0.3, 0.4) is 0 Å². The van der Waals surface area contributed by atoms with E-state index in [1.54, 1.807) is 0 Å². The van der Waals surface area contributed by atoms with Gasteiger partial charge in [-0.2, -0.15) is 25.3 Å². The second kappa shape index (κ2) is 7.53. The van der Waals surface area contributed by atoms with Crippen LogP contribution in [0.4, 0.5) is 0 Å². The summed E-state index contributed by atoms with van der Waals surface area (Å²) in [5.74, 6) is 0.221. The van der Waals surface area contributed by atoms with E-state index in [9.17, 15) is 9.59 Å². The zero-order valence-corrected chi connectivity index (χ0v) is 12.7. The molecule has 2 rings (SSSR count). The van der Waals surface area contributed by atoms with E-state index in [4.69, 9.17) is 18.9 Å². The normalized spacial score (nSPS) is 31.9. The van der Waals surface area contributed by atoms with Crippen LogP contribution in [0.2, 0.25) is 0 Å². The first-order chi connectivity index (χ1) is 9.65. The van der Waals surface area contributed by atoms with Crippen LogP contribution in [0.25, 0.3) is 0 Å². The van der Waals surface area contributed by atoms with Gasteiger partial charge in [-0.25, -0.2) is 0 Å². The highest BCUT2D eigenvalue weighted by Gasteiger charge is 2.51. The summed E-state index contributed by atoms with van der Waals surface area (Å²) in [5.41, 5.74) is 0. The van der Waals surface area contributed by atoms with Crippen molar-refractivity contribution in [2.75, 3.05) is 24.7 Å². The van der Waals surface area contributed by atoms with Crippen LogP contribution in [0.15, 0.2) is 0 Å². The Labute approximate surface area is 128 Å². The van der Waals surface area contributed by atoms with Crippen LogP contribution in [0, 0.1) is 0 Å². The van der Waals surface area contributed by atoms with Gasteiger partial charge in [-0.15, -0.1) is 0 Å². The van der Waals surface area contributed by atoms with Gasteiger partial charge < -0.3 is 18.9 Å². The van der Waals surface area contributed by atoms with Gasteiger partial charge in [0.15, 0.2) is 12.2 Å². The quantitative estimate of drug-likeness (QED) is 0.539. The number of rotatable bonds is 6. The maximum absolute atomic E-state index is 11.5. The van der Waals surface area contributed by atoms with Gasteiger partial charge in [-0.05, 0) is 0 Å². The summed E-state index contributed by atoms with van der Waals surface area (Å²) in [5, 5.41) is 0. The Morgan fingerprint density at radius 2 is 1.30 bits per heavy atom. The van der Waals surface area contributed by atoms with Crippen molar-refractivity contribution in [2.24, 2.45) is 0 Å². The zero-order valence-electron chi connectivity index (χ0n) is 10.9. The average Bonchev–Trinajstić information content (AvgIpc) is 2.95. The molecule has 8 heteroatoms. The van der Waals surface area contributed by atoms with Crippen molar-refractivity contribution in [3.05, 3.63) is 0 Å². The van der Waals surface area contributed by atoms with E-state index >= 15 is 0 Å². The van der Waals surface area contributed by atoms with Crippen molar-refractivity contribution in [1.82, 2.24) is 0 Å². The molecule has 0 saturated carbocycles. The van der Waals surface area contributed by atoms with Crippen molar-refractivity contribution in [3.8, 4) is 0 Å². The lowest BCUT2D eigenvalue weighted by molar-refractivity contribution is -0.154. The predicted octanol–water partition coefficient (Wildman–Crippen LogP) is 0.247. The fourth-order valence-electron chi connectivity index (χ4n) is 2.27. The van der Waals surface area contributed by atoms with E-state index in [2.05, 4.69) is 25.3 Å². The lowest BCUT2D eigenvalue weighted by Crippen LogP contribution is -2.36. The first kappa shape index (κ1) is 15.9. The van der Waals surface area contributed by atoms with Crippen LogP contribution >= 0.6 is 25.3 Å². The minimum Gasteiger partial charge on any atom is -0.457 e. The molecule has 2 aliphatic rings. The number of fused-ring (bicyclic) bond motifs is 1. The third-order valence-electron chi connectivity index (χ3n) is 3.16. The highest BCUT2D eigenvalue weighted by molar-refractivity contribution is 7.80. The number of ether oxygens (including phenoxy) is 4.